The summed E-state index contributed by atoms with van der Waals surface area (Å²) in [6, 6.07) is 4.06. The van der Waals surface area contributed by atoms with Gasteiger partial charge in [-0.3, -0.25) is 4.79 Å². The van der Waals surface area contributed by atoms with Crippen molar-refractivity contribution in [2.75, 3.05) is 11.9 Å². The summed E-state index contributed by atoms with van der Waals surface area (Å²) in [5, 5.41) is 0. The molecule has 0 fully saturated rings. The van der Waals surface area contributed by atoms with Gasteiger partial charge in [-0.2, -0.15) is 0 Å². The molecule has 2 rings (SSSR count). The maximum Gasteiger partial charge on any atom is 0.230 e. The van der Waals surface area contributed by atoms with Crippen molar-refractivity contribution in [3.8, 4) is 5.75 Å². The maximum atomic E-state index is 11.9. The van der Waals surface area contributed by atoms with Gasteiger partial charge in [-0.1, -0.05) is 12.1 Å². The van der Waals surface area contributed by atoms with Gasteiger partial charge < -0.3 is 9.64 Å². The number of hydrogen-bond acceptors (Lipinski definition) is 2. The highest BCUT2D eigenvalue weighted by Gasteiger charge is 2.26. The molecule has 1 unspecified atom stereocenters. The molecule has 1 aromatic rings. The van der Waals surface area contributed by atoms with E-state index in [1.165, 1.54) is 0 Å². The summed E-state index contributed by atoms with van der Waals surface area (Å²) >= 11 is 0. The Morgan fingerprint density at radius 2 is 1.94 bits per heavy atom. The van der Waals surface area contributed by atoms with Crippen molar-refractivity contribution >= 4 is 11.6 Å². The van der Waals surface area contributed by atoms with Crippen LogP contribution >= 0.6 is 0 Å². The van der Waals surface area contributed by atoms with Gasteiger partial charge in [0.15, 0.2) is 0 Å². The van der Waals surface area contributed by atoms with Crippen LogP contribution in [0.5, 0.6) is 5.75 Å². The van der Waals surface area contributed by atoms with E-state index in [1.807, 2.05) is 40.0 Å². The lowest BCUT2D eigenvalue weighted by atomic mass is 10.1. The molecule has 1 aromatic carbocycles. The first kappa shape index (κ1) is 11.0. The van der Waals surface area contributed by atoms with Gasteiger partial charge in [0.1, 0.15) is 11.9 Å². The van der Waals surface area contributed by atoms with Gasteiger partial charge in [0.2, 0.25) is 5.91 Å². The van der Waals surface area contributed by atoms with Crippen molar-refractivity contribution in [3.05, 3.63) is 23.3 Å². The number of amides is 1. The van der Waals surface area contributed by atoms with Crippen LogP contribution in [-0.2, 0) is 4.79 Å². The lowest BCUT2D eigenvalue weighted by Crippen LogP contribution is -2.27. The van der Waals surface area contributed by atoms with E-state index in [4.69, 9.17) is 4.74 Å². The largest absolute Gasteiger partial charge is 0.488 e. The van der Waals surface area contributed by atoms with Crippen LogP contribution in [0.3, 0.4) is 0 Å². The molecule has 3 nitrogen and oxygen atoms in total. The number of rotatable bonds is 0. The number of carbonyl (C=O) groups excluding carboxylic acids is 1. The Morgan fingerprint density at radius 1 is 1.31 bits per heavy atom. The van der Waals surface area contributed by atoms with Crippen LogP contribution in [-0.4, -0.2) is 19.1 Å². The van der Waals surface area contributed by atoms with Gasteiger partial charge in [-0.05, 0) is 31.9 Å². The minimum Gasteiger partial charge on any atom is -0.488 e. The summed E-state index contributed by atoms with van der Waals surface area (Å²) in [7, 11) is 1.81. The van der Waals surface area contributed by atoms with E-state index in [9.17, 15) is 4.79 Å². The first-order valence-corrected chi connectivity index (χ1v) is 5.54. The SMILES string of the molecule is Cc1ccc(C)c2c1OC(C)CC(=O)N2C. The summed E-state index contributed by atoms with van der Waals surface area (Å²) in [6.45, 7) is 5.94. The summed E-state index contributed by atoms with van der Waals surface area (Å²) in [5.41, 5.74) is 3.06. The molecule has 0 bridgehead atoms. The molecule has 1 atom stereocenters. The van der Waals surface area contributed by atoms with Gasteiger partial charge in [0, 0.05) is 7.05 Å². The Morgan fingerprint density at radius 3 is 2.62 bits per heavy atom. The van der Waals surface area contributed by atoms with Gasteiger partial charge in [0.25, 0.3) is 0 Å². The van der Waals surface area contributed by atoms with Gasteiger partial charge in [-0.25, -0.2) is 0 Å². The topological polar surface area (TPSA) is 29.5 Å². The number of fused-ring (bicyclic) bond motifs is 1. The van der Waals surface area contributed by atoms with E-state index in [0.29, 0.717) is 6.42 Å². The van der Waals surface area contributed by atoms with Crippen LogP contribution in [0.15, 0.2) is 12.1 Å². The quantitative estimate of drug-likeness (QED) is 0.670. The van der Waals surface area contributed by atoms with Gasteiger partial charge >= 0.3 is 0 Å². The minimum atomic E-state index is -0.0586. The fourth-order valence-corrected chi connectivity index (χ4v) is 2.09. The van der Waals surface area contributed by atoms with E-state index in [0.717, 1.165) is 22.6 Å². The zero-order valence-corrected chi connectivity index (χ0v) is 10.2. The summed E-state index contributed by atoms with van der Waals surface area (Å²) in [6.07, 6.45) is 0.376. The average molecular weight is 219 g/mol. The lowest BCUT2D eigenvalue weighted by Gasteiger charge is -2.20. The van der Waals surface area contributed by atoms with Crippen molar-refractivity contribution in [1.29, 1.82) is 0 Å². The van der Waals surface area contributed by atoms with Crippen LogP contribution in [0, 0.1) is 13.8 Å². The monoisotopic (exact) mass is 219 g/mol. The third-order valence-electron chi connectivity index (χ3n) is 3.02. The Bertz CT molecular complexity index is 440. The zero-order valence-electron chi connectivity index (χ0n) is 10.2. The van der Waals surface area contributed by atoms with Gasteiger partial charge in [-0.15, -0.1) is 0 Å². The predicted molar refractivity (Wildman–Crippen MR) is 64.0 cm³/mol. The number of aryl methyl sites for hydroxylation is 2. The standard InChI is InChI=1S/C13H17NO2/c1-8-5-6-9(2)13-12(8)14(4)11(15)7-10(3)16-13/h5-6,10H,7H2,1-4H3. The smallest absolute Gasteiger partial charge is 0.230 e. The van der Waals surface area contributed by atoms with Crippen LogP contribution in [0.2, 0.25) is 0 Å². The fraction of sp³-hybridized carbons (Fsp3) is 0.462. The van der Waals surface area contributed by atoms with E-state index < -0.39 is 0 Å². The molecular formula is C13H17NO2. The van der Waals surface area contributed by atoms with Gasteiger partial charge in [0.05, 0.1) is 12.1 Å². The van der Waals surface area contributed by atoms with Crippen LogP contribution in [0.4, 0.5) is 5.69 Å². The third kappa shape index (κ3) is 1.66. The first-order valence-electron chi connectivity index (χ1n) is 5.54. The molecule has 1 aliphatic rings. The second kappa shape index (κ2) is 3.81. The summed E-state index contributed by atoms with van der Waals surface area (Å²) in [5.74, 6) is 0.959. The van der Waals surface area contributed by atoms with E-state index in [1.54, 1.807) is 4.90 Å². The average Bonchev–Trinajstić information content (AvgIpc) is 2.32. The number of carbonyl (C=O) groups is 1. The number of ether oxygens (including phenoxy) is 1. The minimum absolute atomic E-state index is 0.0586. The molecule has 16 heavy (non-hydrogen) atoms. The molecule has 0 radical (unpaired) electrons. The van der Waals surface area contributed by atoms with E-state index >= 15 is 0 Å². The number of benzene rings is 1. The predicted octanol–water partition coefficient (Wildman–Crippen LogP) is 2.44. The van der Waals surface area contributed by atoms with Crippen molar-refractivity contribution < 1.29 is 9.53 Å². The highest BCUT2D eigenvalue weighted by Crippen LogP contribution is 2.37. The van der Waals surface area contributed by atoms with Crippen LogP contribution in [0.1, 0.15) is 24.5 Å². The van der Waals surface area contributed by atoms with E-state index in [-0.39, 0.29) is 12.0 Å². The molecule has 0 aliphatic carbocycles. The molecule has 1 amide bonds. The summed E-state index contributed by atoms with van der Waals surface area (Å²) < 4.78 is 5.85. The molecule has 0 saturated heterocycles. The van der Waals surface area contributed by atoms with Crippen molar-refractivity contribution in [1.82, 2.24) is 0 Å². The fourth-order valence-electron chi connectivity index (χ4n) is 2.09. The molecule has 3 heteroatoms. The lowest BCUT2D eigenvalue weighted by molar-refractivity contribution is -0.119. The van der Waals surface area contributed by atoms with Crippen LogP contribution in [0.25, 0.3) is 0 Å². The molecule has 0 spiro atoms. The number of anilines is 1. The van der Waals surface area contributed by atoms with E-state index in [2.05, 4.69) is 0 Å². The second-order valence-electron chi connectivity index (χ2n) is 4.46. The number of nitrogens with zero attached hydrogens (tertiary/aromatic N) is 1. The Kier molecular flexibility index (Phi) is 2.62. The molecule has 0 saturated carbocycles. The summed E-state index contributed by atoms with van der Waals surface area (Å²) in [4.78, 5) is 13.6. The Labute approximate surface area is 96.0 Å². The maximum absolute atomic E-state index is 11.9. The normalized spacial score (nSPS) is 20.1. The van der Waals surface area contributed by atoms with Crippen LogP contribution < -0.4 is 9.64 Å². The highest BCUT2D eigenvalue weighted by atomic mass is 16.5. The first-order chi connectivity index (χ1) is 7.50. The van der Waals surface area contributed by atoms with Crippen molar-refractivity contribution in [2.24, 2.45) is 0 Å². The van der Waals surface area contributed by atoms with Crippen molar-refractivity contribution in [3.63, 3.8) is 0 Å². The molecule has 1 heterocycles. The molecule has 0 N–H and O–H groups in total. The molecule has 86 valence electrons. The zero-order chi connectivity index (χ0) is 11.9. The molecular weight excluding hydrogens is 202 g/mol. The molecule has 0 aromatic heterocycles. The second-order valence-corrected chi connectivity index (χ2v) is 4.46. The Hall–Kier alpha value is -1.51. The molecule has 1 aliphatic heterocycles. The highest BCUT2D eigenvalue weighted by molar-refractivity contribution is 5.96. The number of hydrogen-bond donors (Lipinski definition) is 0. The van der Waals surface area contributed by atoms with Crippen molar-refractivity contribution in [2.45, 2.75) is 33.3 Å². The third-order valence-corrected chi connectivity index (χ3v) is 3.02. The Balaban J connectivity index is 2.63.